The third kappa shape index (κ3) is 4.12. The van der Waals surface area contributed by atoms with E-state index in [0.29, 0.717) is 13.0 Å². The van der Waals surface area contributed by atoms with Crippen LogP contribution < -0.4 is 5.32 Å². The van der Waals surface area contributed by atoms with Crippen molar-refractivity contribution >= 4 is 38.1 Å². The van der Waals surface area contributed by atoms with Crippen LogP contribution in [0.1, 0.15) is 16.8 Å². The zero-order valence-corrected chi connectivity index (χ0v) is 17.2. The Morgan fingerprint density at radius 1 is 1.22 bits per heavy atom. The molecule has 27 heavy (non-hydrogen) atoms. The lowest BCUT2D eigenvalue weighted by Gasteiger charge is -2.05. The van der Waals surface area contributed by atoms with E-state index in [2.05, 4.69) is 57.4 Å². The number of aromatic nitrogens is 2. The topological polar surface area (TPSA) is 46.4 Å². The minimum atomic E-state index is 0.000242. The van der Waals surface area contributed by atoms with Gasteiger partial charge >= 0.3 is 0 Å². The summed E-state index contributed by atoms with van der Waals surface area (Å²) in [6.07, 6.45) is 2.34. The van der Waals surface area contributed by atoms with Gasteiger partial charge in [0.05, 0.1) is 12.1 Å². The summed E-state index contributed by atoms with van der Waals surface area (Å²) in [6, 6.07) is 16.3. The van der Waals surface area contributed by atoms with Crippen LogP contribution in [-0.4, -0.2) is 15.3 Å². The van der Waals surface area contributed by atoms with Gasteiger partial charge in [0.25, 0.3) is 0 Å². The number of aryl methyl sites for hydroxylation is 1. The summed E-state index contributed by atoms with van der Waals surface area (Å²) in [4.78, 5) is 18.0. The number of benzene rings is 2. The lowest BCUT2D eigenvalue weighted by Crippen LogP contribution is -2.24. The van der Waals surface area contributed by atoms with Crippen molar-refractivity contribution in [2.45, 2.75) is 19.9 Å². The molecule has 4 rings (SSSR count). The molecule has 0 spiro atoms. The molecule has 1 amide bonds. The van der Waals surface area contributed by atoms with Crippen LogP contribution in [-0.2, 0) is 17.8 Å². The molecule has 0 radical (unpaired) electrons. The smallest absolute Gasteiger partial charge is 0.226 e. The Morgan fingerprint density at radius 2 is 2.04 bits per heavy atom. The average molecular weight is 440 g/mol. The van der Waals surface area contributed by atoms with E-state index in [1.165, 1.54) is 5.56 Å². The predicted octanol–water partition coefficient (Wildman–Crippen LogP) is 4.99. The van der Waals surface area contributed by atoms with E-state index < -0.39 is 0 Å². The van der Waals surface area contributed by atoms with E-state index in [1.807, 2.05) is 40.2 Å². The molecule has 0 atom stereocenters. The summed E-state index contributed by atoms with van der Waals surface area (Å²) >= 11 is 5.01. The first-order valence-corrected chi connectivity index (χ1v) is 10.3. The molecule has 1 N–H and O–H groups in total. The maximum absolute atomic E-state index is 12.4. The summed E-state index contributed by atoms with van der Waals surface area (Å²) in [6.45, 7) is 2.59. The quantitative estimate of drug-likeness (QED) is 0.475. The molecule has 0 saturated carbocycles. The molecule has 0 aliphatic rings. The second-order valence-electron chi connectivity index (χ2n) is 6.46. The van der Waals surface area contributed by atoms with Gasteiger partial charge in [-0.2, -0.15) is 0 Å². The van der Waals surface area contributed by atoms with Gasteiger partial charge in [0.1, 0.15) is 0 Å². The SMILES string of the molecule is Cc1ccc(-c2cn3c(CC(=O)NCc4cccc(Br)c4)csc3n2)cc1. The van der Waals surface area contributed by atoms with Gasteiger partial charge in [0, 0.05) is 33.9 Å². The number of hydrogen-bond donors (Lipinski definition) is 1. The van der Waals surface area contributed by atoms with Crippen molar-refractivity contribution in [3.8, 4) is 11.3 Å². The number of hydrogen-bond acceptors (Lipinski definition) is 3. The molecule has 4 aromatic rings. The highest BCUT2D eigenvalue weighted by atomic mass is 79.9. The Hall–Kier alpha value is -2.44. The molecule has 0 saturated heterocycles. The maximum Gasteiger partial charge on any atom is 0.226 e. The van der Waals surface area contributed by atoms with Gasteiger partial charge < -0.3 is 5.32 Å². The molecule has 2 aromatic heterocycles. The standard InChI is InChI=1S/C21H18BrN3OS/c1-14-5-7-16(8-6-14)19-12-25-18(13-27-21(25)24-19)10-20(26)23-11-15-3-2-4-17(22)9-15/h2-9,12-13H,10-11H2,1H3,(H,23,26). The van der Waals surface area contributed by atoms with Gasteiger partial charge in [-0.1, -0.05) is 57.9 Å². The van der Waals surface area contributed by atoms with Crippen molar-refractivity contribution in [3.63, 3.8) is 0 Å². The van der Waals surface area contributed by atoms with Gasteiger partial charge in [-0.25, -0.2) is 4.98 Å². The Bertz CT molecular complexity index is 1100. The first-order valence-electron chi connectivity index (χ1n) is 8.62. The number of imidazole rings is 1. The fourth-order valence-corrected chi connectivity index (χ4v) is 4.21. The van der Waals surface area contributed by atoms with E-state index >= 15 is 0 Å². The highest BCUT2D eigenvalue weighted by Crippen LogP contribution is 2.24. The van der Waals surface area contributed by atoms with Gasteiger partial charge in [0.15, 0.2) is 4.96 Å². The molecular weight excluding hydrogens is 422 g/mol. The molecule has 6 heteroatoms. The Kier molecular flexibility index (Phi) is 5.09. The number of rotatable bonds is 5. The minimum absolute atomic E-state index is 0.000242. The number of fused-ring (bicyclic) bond motifs is 1. The number of nitrogens with one attached hydrogen (secondary N) is 1. The number of halogens is 1. The molecule has 136 valence electrons. The first kappa shape index (κ1) is 17.9. The average Bonchev–Trinajstić information content (AvgIpc) is 3.23. The van der Waals surface area contributed by atoms with Crippen LogP contribution in [0.4, 0.5) is 0 Å². The van der Waals surface area contributed by atoms with Crippen LogP contribution in [0.25, 0.3) is 16.2 Å². The second kappa shape index (κ2) is 7.66. The van der Waals surface area contributed by atoms with Crippen molar-refractivity contribution in [3.05, 3.63) is 81.4 Å². The van der Waals surface area contributed by atoms with Crippen molar-refractivity contribution in [1.82, 2.24) is 14.7 Å². The summed E-state index contributed by atoms with van der Waals surface area (Å²) in [5, 5.41) is 4.98. The highest BCUT2D eigenvalue weighted by molar-refractivity contribution is 9.10. The van der Waals surface area contributed by atoms with Crippen molar-refractivity contribution in [1.29, 1.82) is 0 Å². The van der Waals surface area contributed by atoms with Crippen LogP contribution >= 0.6 is 27.3 Å². The van der Waals surface area contributed by atoms with Crippen LogP contribution in [0.2, 0.25) is 0 Å². The second-order valence-corrected chi connectivity index (χ2v) is 8.21. The largest absolute Gasteiger partial charge is 0.352 e. The zero-order valence-electron chi connectivity index (χ0n) is 14.8. The van der Waals surface area contributed by atoms with Gasteiger partial charge in [-0.05, 0) is 24.6 Å². The summed E-state index contributed by atoms with van der Waals surface area (Å²) < 4.78 is 3.02. The fraction of sp³-hybridized carbons (Fsp3) is 0.143. The van der Waals surface area contributed by atoms with Crippen molar-refractivity contribution < 1.29 is 4.79 Å². The van der Waals surface area contributed by atoms with Gasteiger partial charge in [0.2, 0.25) is 5.91 Å². The number of carbonyl (C=O) groups is 1. The summed E-state index contributed by atoms with van der Waals surface area (Å²) in [5.74, 6) is 0.000242. The van der Waals surface area contributed by atoms with Crippen LogP contribution in [0.3, 0.4) is 0 Å². The number of nitrogens with zero attached hydrogens (tertiary/aromatic N) is 2. The third-order valence-corrected chi connectivity index (χ3v) is 5.73. The predicted molar refractivity (Wildman–Crippen MR) is 113 cm³/mol. The maximum atomic E-state index is 12.4. The normalized spacial score (nSPS) is 11.0. The molecule has 0 fully saturated rings. The van der Waals surface area contributed by atoms with E-state index in [1.54, 1.807) is 11.3 Å². The van der Waals surface area contributed by atoms with Crippen LogP contribution in [0.15, 0.2) is 64.6 Å². The fourth-order valence-electron chi connectivity index (χ4n) is 2.89. The Balaban J connectivity index is 1.47. The molecule has 4 nitrogen and oxygen atoms in total. The molecule has 0 aliphatic carbocycles. The van der Waals surface area contributed by atoms with Gasteiger partial charge in [-0.3, -0.25) is 9.20 Å². The van der Waals surface area contributed by atoms with E-state index in [0.717, 1.165) is 31.9 Å². The van der Waals surface area contributed by atoms with Crippen LogP contribution in [0, 0.1) is 6.92 Å². The number of thiazole rings is 1. The monoisotopic (exact) mass is 439 g/mol. The van der Waals surface area contributed by atoms with E-state index in [9.17, 15) is 4.79 Å². The highest BCUT2D eigenvalue weighted by Gasteiger charge is 2.12. The zero-order chi connectivity index (χ0) is 18.8. The van der Waals surface area contributed by atoms with E-state index in [4.69, 9.17) is 0 Å². The molecule has 0 aliphatic heterocycles. The minimum Gasteiger partial charge on any atom is -0.352 e. The molecule has 2 aromatic carbocycles. The molecule has 0 bridgehead atoms. The van der Waals surface area contributed by atoms with Crippen LogP contribution in [0.5, 0.6) is 0 Å². The molecular formula is C21H18BrN3OS. The summed E-state index contributed by atoms with van der Waals surface area (Å²) in [5.41, 5.74) is 5.26. The molecule has 2 heterocycles. The van der Waals surface area contributed by atoms with E-state index in [-0.39, 0.29) is 5.91 Å². The number of carbonyl (C=O) groups excluding carboxylic acids is 1. The molecule has 0 unspecified atom stereocenters. The van der Waals surface area contributed by atoms with Crippen molar-refractivity contribution in [2.75, 3.05) is 0 Å². The first-order chi connectivity index (χ1) is 13.1. The van der Waals surface area contributed by atoms with Gasteiger partial charge in [-0.15, -0.1) is 11.3 Å². The number of amides is 1. The Labute approximate surface area is 170 Å². The lowest BCUT2D eigenvalue weighted by atomic mass is 10.1. The third-order valence-electron chi connectivity index (χ3n) is 4.35. The summed E-state index contributed by atoms with van der Waals surface area (Å²) in [7, 11) is 0. The Morgan fingerprint density at radius 3 is 2.81 bits per heavy atom. The lowest BCUT2D eigenvalue weighted by molar-refractivity contribution is -0.120. The van der Waals surface area contributed by atoms with Crippen molar-refractivity contribution in [2.24, 2.45) is 0 Å².